The van der Waals surface area contributed by atoms with Crippen LogP contribution in [-0.2, 0) is 21.4 Å². The maximum Gasteiger partial charge on any atom is 0.224 e. The number of hydrogen-bond acceptors (Lipinski definition) is 5. The number of nitrogens with zero attached hydrogens (tertiary/aromatic N) is 2. The van der Waals surface area contributed by atoms with Crippen molar-refractivity contribution in [3.8, 4) is 33.6 Å². The Bertz CT molecular complexity index is 2100. The average molecular weight is 597 g/mol. The summed E-state index contributed by atoms with van der Waals surface area (Å²) in [5.41, 5.74) is 7.32. The Labute approximate surface area is 247 Å². The summed E-state index contributed by atoms with van der Waals surface area (Å²) in [6.07, 6.45) is 4.07. The minimum atomic E-state index is -3.43. The van der Waals surface area contributed by atoms with Crippen LogP contribution in [0.15, 0.2) is 79.0 Å². The third kappa shape index (κ3) is 6.18. The van der Waals surface area contributed by atoms with Crippen molar-refractivity contribution in [1.29, 1.82) is 0 Å². The van der Waals surface area contributed by atoms with Gasteiger partial charge in [-0.2, -0.15) is 5.10 Å². The highest BCUT2D eigenvalue weighted by Gasteiger charge is 2.16. The van der Waals surface area contributed by atoms with E-state index in [0.717, 1.165) is 57.0 Å². The van der Waals surface area contributed by atoms with E-state index in [0.29, 0.717) is 28.9 Å². The molecule has 0 spiro atoms. The molecule has 3 aromatic heterocycles. The molecule has 6 rings (SSSR count). The third-order valence-electron chi connectivity index (χ3n) is 7.10. The van der Waals surface area contributed by atoms with E-state index in [-0.39, 0.29) is 12.5 Å². The number of sulfonamides is 1. The zero-order chi connectivity index (χ0) is 30.1. The second kappa shape index (κ2) is 11.4. The predicted octanol–water partition coefficient (Wildman–Crippen LogP) is 6.37. The Hall–Kier alpha value is -4.87. The SMILES string of the molecule is CCCC(=O)Nc1cccc(-c2cnc3[nH]nc(-c4cc5c(-c6cc(F)cc(CNS(C)(=O)=O)c6)cccc5[nH]4)c3c2)c1. The number of pyridine rings is 1. The molecule has 0 fully saturated rings. The van der Waals surface area contributed by atoms with Gasteiger partial charge in [0.2, 0.25) is 15.9 Å². The second-order valence-electron chi connectivity index (χ2n) is 10.5. The van der Waals surface area contributed by atoms with Crippen LogP contribution in [0.25, 0.3) is 55.6 Å². The molecule has 218 valence electrons. The average Bonchev–Trinajstić information content (AvgIpc) is 3.59. The third-order valence-corrected chi connectivity index (χ3v) is 7.77. The van der Waals surface area contributed by atoms with Gasteiger partial charge in [0.15, 0.2) is 5.65 Å². The fraction of sp³-hybridized carbons (Fsp3) is 0.156. The van der Waals surface area contributed by atoms with Crippen molar-refractivity contribution in [2.24, 2.45) is 0 Å². The van der Waals surface area contributed by atoms with Crippen molar-refractivity contribution >= 4 is 43.6 Å². The highest BCUT2D eigenvalue weighted by Crippen LogP contribution is 2.35. The monoisotopic (exact) mass is 596 g/mol. The number of halogens is 1. The Balaban J connectivity index is 1.37. The largest absolute Gasteiger partial charge is 0.353 e. The molecule has 0 saturated carbocycles. The lowest BCUT2D eigenvalue weighted by atomic mass is 9.99. The van der Waals surface area contributed by atoms with Crippen LogP contribution in [-0.4, -0.2) is 40.7 Å². The van der Waals surface area contributed by atoms with Crippen molar-refractivity contribution < 1.29 is 17.6 Å². The first-order valence-corrected chi connectivity index (χ1v) is 15.7. The van der Waals surface area contributed by atoms with Gasteiger partial charge in [0, 0.05) is 46.7 Å². The molecule has 0 aliphatic rings. The number of anilines is 1. The molecule has 3 heterocycles. The minimum absolute atomic E-state index is 0.0133. The van der Waals surface area contributed by atoms with E-state index in [9.17, 15) is 17.6 Å². The first-order valence-electron chi connectivity index (χ1n) is 13.8. The molecule has 6 aromatic rings. The lowest BCUT2D eigenvalue weighted by Crippen LogP contribution is -2.21. The number of carbonyl (C=O) groups is 1. The number of fused-ring (bicyclic) bond motifs is 2. The van der Waals surface area contributed by atoms with Crippen LogP contribution in [0.2, 0.25) is 0 Å². The number of carbonyl (C=O) groups excluding carboxylic acids is 1. The van der Waals surface area contributed by atoms with Crippen molar-refractivity contribution in [2.75, 3.05) is 11.6 Å². The van der Waals surface area contributed by atoms with E-state index >= 15 is 0 Å². The van der Waals surface area contributed by atoms with E-state index < -0.39 is 15.8 Å². The van der Waals surface area contributed by atoms with Gasteiger partial charge in [0.25, 0.3) is 0 Å². The Kier molecular flexibility index (Phi) is 7.51. The number of rotatable bonds is 9. The van der Waals surface area contributed by atoms with E-state index in [4.69, 9.17) is 0 Å². The Morgan fingerprint density at radius 3 is 2.60 bits per heavy atom. The van der Waals surface area contributed by atoms with Crippen molar-refractivity contribution in [3.05, 3.63) is 90.4 Å². The highest BCUT2D eigenvalue weighted by atomic mass is 32.2. The second-order valence-corrected chi connectivity index (χ2v) is 12.3. The number of aromatic amines is 2. The summed E-state index contributed by atoms with van der Waals surface area (Å²) in [6.45, 7) is 1.95. The molecular weight excluding hydrogens is 567 g/mol. The van der Waals surface area contributed by atoms with Crippen LogP contribution >= 0.6 is 0 Å². The Morgan fingerprint density at radius 1 is 0.953 bits per heavy atom. The summed E-state index contributed by atoms with van der Waals surface area (Å²) in [6, 6.07) is 21.9. The fourth-order valence-corrected chi connectivity index (χ4v) is 5.58. The molecule has 0 saturated heterocycles. The van der Waals surface area contributed by atoms with Gasteiger partial charge in [-0.25, -0.2) is 22.5 Å². The molecule has 4 N–H and O–H groups in total. The summed E-state index contributed by atoms with van der Waals surface area (Å²) in [5.74, 6) is -0.481. The van der Waals surface area contributed by atoms with Crippen molar-refractivity contribution in [1.82, 2.24) is 24.9 Å². The van der Waals surface area contributed by atoms with Gasteiger partial charge in [-0.1, -0.05) is 31.2 Å². The Morgan fingerprint density at radius 2 is 1.79 bits per heavy atom. The molecule has 9 nitrogen and oxygen atoms in total. The lowest BCUT2D eigenvalue weighted by molar-refractivity contribution is -0.116. The van der Waals surface area contributed by atoms with Crippen LogP contribution in [0.3, 0.4) is 0 Å². The number of amides is 1. The molecule has 1 amide bonds. The van der Waals surface area contributed by atoms with Crippen LogP contribution in [0.4, 0.5) is 10.1 Å². The first kappa shape index (κ1) is 28.3. The minimum Gasteiger partial charge on any atom is -0.353 e. The summed E-state index contributed by atoms with van der Waals surface area (Å²) < 4.78 is 40.2. The first-order chi connectivity index (χ1) is 20.7. The number of hydrogen-bond donors (Lipinski definition) is 4. The summed E-state index contributed by atoms with van der Waals surface area (Å²) in [7, 11) is -3.43. The molecule has 0 aliphatic heterocycles. The standard InChI is InChI=1S/C32H29FN6O3S/c1-3-6-30(40)36-24-8-4-7-20(14-24)22-15-27-31(38-39-32(27)34-18-22)29-16-26-25(9-5-10-28(26)37-29)21-11-19(12-23(33)13-21)17-35-43(2,41)42/h4-5,7-16,18,35,37H,3,6,17H2,1-2H3,(H,36,40)(H,34,38,39). The fourth-order valence-electron chi connectivity index (χ4n) is 5.15. The molecule has 0 atom stereocenters. The smallest absolute Gasteiger partial charge is 0.224 e. The van der Waals surface area contributed by atoms with E-state index in [1.54, 1.807) is 12.3 Å². The van der Waals surface area contributed by atoms with E-state index in [1.807, 2.05) is 61.5 Å². The molecule has 0 aliphatic carbocycles. The van der Waals surface area contributed by atoms with Crippen molar-refractivity contribution in [2.45, 2.75) is 26.3 Å². The number of nitrogens with one attached hydrogen (secondary N) is 4. The summed E-state index contributed by atoms with van der Waals surface area (Å²) >= 11 is 0. The molecule has 3 aromatic carbocycles. The number of aromatic nitrogens is 4. The molecule has 11 heteroatoms. The van der Waals surface area contributed by atoms with E-state index in [2.05, 4.69) is 30.2 Å². The van der Waals surface area contributed by atoms with Gasteiger partial charge in [0.05, 0.1) is 11.9 Å². The highest BCUT2D eigenvalue weighted by molar-refractivity contribution is 7.88. The van der Waals surface area contributed by atoms with E-state index in [1.165, 1.54) is 12.1 Å². The van der Waals surface area contributed by atoms with Gasteiger partial charge in [-0.05, 0) is 77.2 Å². The van der Waals surface area contributed by atoms with Gasteiger partial charge >= 0.3 is 0 Å². The van der Waals surface area contributed by atoms with Gasteiger partial charge in [-0.3, -0.25) is 9.89 Å². The van der Waals surface area contributed by atoms with Crippen LogP contribution in [0.1, 0.15) is 25.3 Å². The summed E-state index contributed by atoms with van der Waals surface area (Å²) in [5, 5.41) is 12.2. The van der Waals surface area contributed by atoms with Gasteiger partial charge < -0.3 is 10.3 Å². The zero-order valence-corrected chi connectivity index (χ0v) is 24.3. The van der Waals surface area contributed by atoms with Crippen LogP contribution in [0.5, 0.6) is 0 Å². The molecule has 0 unspecified atom stereocenters. The molecular formula is C32H29FN6O3S. The van der Waals surface area contributed by atoms with Crippen LogP contribution in [0, 0.1) is 5.82 Å². The van der Waals surface area contributed by atoms with Crippen LogP contribution < -0.4 is 10.0 Å². The number of benzene rings is 3. The maximum atomic E-state index is 14.6. The lowest BCUT2D eigenvalue weighted by Gasteiger charge is -2.08. The van der Waals surface area contributed by atoms with Crippen molar-refractivity contribution in [3.63, 3.8) is 0 Å². The normalized spacial score (nSPS) is 11.8. The quantitative estimate of drug-likeness (QED) is 0.154. The maximum absolute atomic E-state index is 14.6. The van der Waals surface area contributed by atoms with Gasteiger partial charge in [-0.15, -0.1) is 0 Å². The summed E-state index contributed by atoms with van der Waals surface area (Å²) in [4.78, 5) is 20.1. The molecule has 43 heavy (non-hydrogen) atoms. The van der Waals surface area contributed by atoms with Gasteiger partial charge in [0.1, 0.15) is 11.5 Å². The molecule has 0 bridgehead atoms. The topological polar surface area (TPSA) is 133 Å². The number of H-pyrrole nitrogens is 2. The zero-order valence-electron chi connectivity index (χ0n) is 23.5. The molecule has 0 radical (unpaired) electrons. The predicted molar refractivity (Wildman–Crippen MR) is 167 cm³/mol.